The summed E-state index contributed by atoms with van der Waals surface area (Å²) in [6, 6.07) is 15.5. The van der Waals surface area contributed by atoms with Crippen molar-refractivity contribution < 1.29 is 22.3 Å². The van der Waals surface area contributed by atoms with Gasteiger partial charge in [-0.25, -0.2) is 12.8 Å². The molecule has 3 aromatic carbocycles. The molecule has 156 valence electrons. The summed E-state index contributed by atoms with van der Waals surface area (Å²) in [5.41, 5.74) is 0.497. The quantitative estimate of drug-likeness (QED) is 0.513. The number of rotatable bonds is 7. The number of ether oxygens (including phenoxy) is 1. The van der Waals surface area contributed by atoms with Gasteiger partial charge in [-0.3, -0.25) is 9.52 Å². The van der Waals surface area contributed by atoms with Crippen LogP contribution in [0.1, 0.15) is 0 Å². The third-order valence-corrected chi connectivity index (χ3v) is 5.88. The Balaban J connectivity index is 1.70. The number of hydrogen-bond donors (Lipinski definition) is 2. The van der Waals surface area contributed by atoms with Crippen molar-refractivity contribution in [3.63, 3.8) is 0 Å². The van der Waals surface area contributed by atoms with E-state index in [0.717, 1.165) is 6.07 Å². The number of halogens is 3. The largest absolute Gasteiger partial charge is 0.484 e. The van der Waals surface area contributed by atoms with Crippen molar-refractivity contribution in [2.45, 2.75) is 4.90 Å². The summed E-state index contributed by atoms with van der Waals surface area (Å²) < 4.78 is 46.1. The number of anilines is 2. The highest BCUT2D eigenvalue weighted by molar-refractivity contribution is 7.92. The van der Waals surface area contributed by atoms with Crippen molar-refractivity contribution in [1.29, 1.82) is 0 Å². The van der Waals surface area contributed by atoms with Gasteiger partial charge in [0.15, 0.2) is 6.61 Å². The van der Waals surface area contributed by atoms with Crippen molar-refractivity contribution in [1.82, 2.24) is 0 Å². The monoisotopic (exact) mass is 468 g/mol. The second-order valence-corrected chi connectivity index (χ2v) is 8.55. The van der Waals surface area contributed by atoms with Crippen LogP contribution in [-0.4, -0.2) is 20.9 Å². The van der Waals surface area contributed by atoms with E-state index in [0.29, 0.717) is 10.7 Å². The summed E-state index contributed by atoms with van der Waals surface area (Å²) in [6.45, 7) is -0.392. The summed E-state index contributed by atoms with van der Waals surface area (Å²) in [7, 11) is -4.02. The topological polar surface area (TPSA) is 84.5 Å². The van der Waals surface area contributed by atoms with Crippen LogP contribution in [0.25, 0.3) is 0 Å². The maximum Gasteiger partial charge on any atom is 0.263 e. The maximum atomic E-state index is 13.1. The van der Waals surface area contributed by atoms with E-state index in [-0.39, 0.29) is 21.4 Å². The van der Waals surface area contributed by atoms with Crippen molar-refractivity contribution in [2.75, 3.05) is 16.6 Å². The lowest BCUT2D eigenvalue weighted by Gasteiger charge is -2.12. The van der Waals surface area contributed by atoms with Gasteiger partial charge in [-0.15, -0.1) is 0 Å². The summed E-state index contributed by atoms with van der Waals surface area (Å²) >= 11 is 11.9. The second kappa shape index (κ2) is 9.34. The lowest BCUT2D eigenvalue weighted by molar-refractivity contribution is -0.118. The number of carbonyl (C=O) groups excluding carboxylic acids is 1. The zero-order chi connectivity index (χ0) is 21.7. The summed E-state index contributed by atoms with van der Waals surface area (Å²) in [6.07, 6.45) is 0. The lowest BCUT2D eigenvalue weighted by atomic mass is 10.3. The van der Waals surface area contributed by atoms with Gasteiger partial charge in [-0.1, -0.05) is 29.3 Å². The zero-order valence-electron chi connectivity index (χ0n) is 15.2. The molecular weight excluding hydrogens is 454 g/mol. The molecule has 0 unspecified atom stereocenters. The molecule has 30 heavy (non-hydrogen) atoms. The highest BCUT2D eigenvalue weighted by Gasteiger charge is 2.19. The number of nitrogens with one attached hydrogen (secondary N) is 2. The third kappa shape index (κ3) is 5.85. The molecule has 0 aliphatic rings. The molecule has 3 aromatic rings. The van der Waals surface area contributed by atoms with Crippen LogP contribution in [0.2, 0.25) is 10.0 Å². The predicted octanol–water partition coefficient (Wildman–Crippen LogP) is 4.95. The van der Waals surface area contributed by atoms with Gasteiger partial charge in [0.1, 0.15) is 16.5 Å². The van der Waals surface area contributed by atoms with Gasteiger partial charge in [0, 0.05) is 22.5 Å². The van der Waals surface area contributed by atoms with E-state index in [2.05, 4.69) is 10.0 Å². The fourth-order valence-corrected chi connectivity index (χ4v) is 4.13. The minimum absolute atomic E-state index is 0.0227. The highest BCUT2D eigenvalue weighted by Crippen LogP contribution is 2.27. The summed E-state index contributed by atoms with van der Waals surface area (Å²) in [4.78, 5) is 11.9. The van der Waals surface area contributed by atoms with Gasteiger partial charge in [-0.2, -0.15) is 0 Å². The van der Waals surface area contributed by atoms with Crippen LogP contribution >= 0.6 is 23.2 Å². The first-order chi connectivity index (χ1) is 14.2. The van der Waals surface area contributed by atoms with Crippen LogP contribution in [0, 0.1) is 5.82 Å². The van der Waals surface area contributed by atoms with Gasteiger partial charge >= 0.3 is 0 Å². The Kier molecular flexibility index (Phi) is 6.81. The molecule has 3 rings (SSSR count). The fourth-order valence-electron chi connectivity index (χ4n) is 2.42. The molecule has 0 fully saturated rings. The molecule has 0 aliphatic carbocycles. The van der Waals surface area contributed by atoms with Crippen LogP contribution in [0.4, 0.5) is 15.8 Å². The van der Waals surface area contributed by atoms with Crippen LogP contribution in [-0.2, 0) is 14.8 Å². The fraction of sp³-hybridized carbons (Fsp3) is 0.0500. The normalized spacial score (nSPS) is 11.0. The summed E-state index contributed by atoms with van der Waals surface area (Å²) in [5, 5.41) is 2.95. The molecule has 10 heteroatoms. The molecule has 0 aromatic heterocycles. The average Bonchev–Trinajstić information content (AvgIpc) is 2.69. The number of carbonyl (C=O) groups is 1. The number of sulfonamides is 1. The van der Waals surface area contributed by atoms with E-state index in [1.54, 1.807) is 0 Å². The molecule has 0 saturated heterocycles. The van der Waals surface area contributed by atoms with Gasteiger partial charge < -0.3 is 10.1 Å². The number of hydrogen-bond acceptors (Lipinski definition) is 4. The van der Waals surface area contributed by atoms with E-state index in [1.807, 2.05) is 0 Å². The van der Waals surface area contributed by atoms with Crippen molar-refractivity contribution in [3.8, 4) is 5.75 Å². The molecule has 0 atom stereocenters. The highest BCUT2D eigenvalue weighted by atomic mass is 35.5. The minimum atomic E-state index is -4.02. The van der Waals surface area contributed by atoms with E-state index in [1.165, 1.54) is 60.7 Å². The number of benzene rings is 3. The SMILES string of the molecule is O=C(COc1cccc(F)c1)Nc1ccc(Cl)c(S(=O)(=O)Nc2ccc(Cl)cc2)c1. The zero-order valence-corrected chi connectivity index (χ0v) is 17.6. The molecule has 0 heterocycles. The maximum absolute atomic E-state index is 13.1. The molecule has 2 N–H and O–H groups in total. The first kappa shape index (κ1) is 21.9. The molecule has 0 aliphatic heterocycles. The predicted molar refractivity (Wildman–Crippen MR) is 114 cm³/mol. The van der Waals surface area contributed by atoms with E-state index in [9.17, 15) is 17.6 Å². The Hall–Kier alpha value is -2.81. The molecule has 6 nitrogen and oxygen atoms in total. The van der Waals surface area contributed by atoms with Crippen LogP contribution in [0.5, 0.6) is 5.75 Å². The molecular formula is C20H15Cl2FN2O4S. The van der Waals surface area contributed by atoms with Crippen LogP contribution in [0.3, 0.4) is 0 Å². The van der Waals surface area contributed by atoms with Crippen molar-refractivity contribution >= 4 is 50.5 Å². The van der Waals surface area contributed by atoms with Crippen LogP contribution < -0.4 is 14.8 Å². The number of amides is 1. The minimum Gasteiger partial charge on any atom is -0.484 e. The molecule has 0 bridgehead atoms. The van der Waals surface area contributed by atoms with Crippen LogP contribution in [0.15, 0.2) is 71.6 Å². The average molecular weight is 469 g/mol. The summed E-state index contributed by atoms with van der Waals surface area (Å²) in [5.74, 6) is -0.860. The second-order valence-electron chi connectivity index (χ2n) is 6.05. The Morgan fingerprint density at radius 2 is 1.67 bits per heavy atom. The molecule has 0 spiro atoms. The van der Waals surface area contributed by atoms with Gasteiger partial charge in [-0.05, 0) is 54.6 Å². The Morgan fingerprint density at radius 1 is 0.967 bits per heavy atom. The molecule has 0 radical (unpaired) electrons. The van der Waals surface area contributed by atoms with Gasteiger partial charge in [0.25, 0.3) is 15.9 Å². The standard InChI is InChI=1S/C20H15Cl2FN2O4S/c21-13-4-6-15(7-5-13)25-30(27,28)19-11-16(8-9-18(19)22)24-20(26)12-29-17-3-1-2-14(23)10-17/h1-11,25H,12H2,(H,24,26). The van der Waals surface area contributed by atoms with Crippen molar-refractivity contribution in [3.05, 3.63) is 82.6 Å². The Labute approximate surface area is 182 Å². The first-order valence-electron chi connectivity index (χ1n) is 8.49. The first-order valence-corrected chi connectivity index (χ1v) is 10.7. The van der Waals surface area contributed by atoms with E-state index < -0.39 is 28.4 Å². The Bertz CT molecular complexity index is 1170. The third-order valence-electron chi connectivity index (χ3n) is 3.77. The molecule has 0 saturated carbocycles. The van der Waals surface area contributed by atoms with Gasteiger partial charge in [0.2, 0.25) is 0 Å². The van der Waals surface area contributed by atoms with E-state index >= 15 is 0 Å². The lowest BCUT2D eigenvalue weighted by Crippen LogP contribution is -2.20. The Morgan fingerprint density at radius 3 is 2.37 bits per heavy atom. The molecule has 1 amide bonds. The van der Waals surface area contributed by atoms with Crippen molar-refractivity contribution in [2.24, 2.45) is 0 Å². The van der Waals surface area contributed by atoms with E-state index in [4.69, 9.17) is 27.9 Å². The van der Waals surface area contributed by atoms with Gasteiger partial charge in [0.05, 0.1) is 5.02 Å². The smallest absolute Gasteiger partial charge is 0.263 e.